The first-order chi connectivity index (χ1) is 8.56. The third-order valence-corrected chi connectivity index (χ3v) is 4.10. The van der Waals surface area contributed by atoms with Gasteiger partial charge in [0.15, 0.2) is 0 Å². The Morgan fingerprint density at radius 1 is 1.50 bits per heavy atom. The average Bonchev–Trinajstić information content (AvgIpc) is 2.84. The largest absolute Gasteiger partial charge is 0.388 e. The van der Waals surface area contributed by atoms with Crippen LogP contribution in [0.3, 0.4) is 0 Å². The maximum absolute atomic E-state index is 12.0. The highest BCUT2D eigenvalue weighted by atomic mass is 32.1. The molecule has 0 aliphatic rings. The number of carbonyl (C=O) groups is 1. The molecule has 0 aromatic carbocycles. The Kier molecular flexibility index (Phi) is 5.78. The van der Waals surface area contributed by atoms with Crippen molar-refractivity contribution in [2.24, 2.45) is 0 Å². The van der Waals surface area contributed by atoms with Gasteiger partial charge in [-0.3, -0.25) is 4.79 Å². The zero-order valence-corrected chi connectivity index (χ0v) is 12.0. The molecule has 2 N–H and O–H groups in total. The molecule has 1 aromatic heterocycles. The van der Waals surface area contributed by atoms with Crippen LogP contribution in [0, 0.1) is 0 Å². The van der Waals surface area contributed by atoms with Crippen LogP contribution in [0.2, 0.25) is 0 Å². The number of amides is 1. The van der Waals surface area contributed by atoms with Gasteiger partial charge in [-0.2, -0.15) is 0 Å². The summed E-state index contributed by atoms with van der Waals surface area (Å²) in [7, 11) is 1.60. The van der Waals surface area contributed by atoms with Gasteiger partial charge in [-0.1, -0.05) is 13.8 Å². The predicted molar refractivity (Wildman–Crippen MR) is 72.9 cm³/mol. The van der Waals surface area contributed by atoms with E-state index in [-0.39, 0.29) is 12.5 Å². The second-order valence-corrected chi connectivity index (χ2v) is 5.24. The lowest BCUT2D eigenvalue weighted by Crippen LogP contribution is -2.42. The Labute approximate surface area is 112 Å². The molecule has 0 bridgehead atoms. The smallest absolute Gasteiger partial charge is 0.261 e. The molecule has 1 amide bonds. The molecule has 5 heteroatoms. The van der Waals surface area contributed by atoms with Crippen molar-refractivity contribution in [1.82, 2.24) is 5.32 Å². The Hall–Kier alpha value is -0.910. The van der Waals surface area contributed by atoms with Crippen LogP contribution in [-0.4, -0.2) is 30.3 Å². The molecule has 1 heterocycles. The van der Waals surface area contributed by atoms with E-state index in [1.807, 2.05) is 25.3 Å². The molecule has 0 aliphatic heterocycles. The van der Waals surface area contributed by atoms with Crippen LogP contribution < -0.4 is 5.32 Å². The highest BCUT2D eigenvalue weighted by Crippen LogP contribution is 2.18. The maximum atomic E-state index is 12.0. The number of carbonyl (C=O) groups excluding carboxylic acids is 1. The fourth-order valence-corrected chi connectivity index (χ4v) is 2.46. The SMILES string of the molecule is CCC(O)(CC)CNC(=O)c1sccc1COC. The standard InChI is InChI=1S/C13H21NO3S/c1-4-13(16,5-2)9-14-12(15)11-10(8-17-3)6-7-18-11/h6-7,16H,4-5,8-9H2,1-3H3,(H,14,15). The van der Waals surface area contributed by atoms with Crippen LogP contribution in [0.5, 0.6) is 0 Å². The number of hydrogen-bond donors (Lipinski definition) is 2. The summed E-state index contributed by atoms with van der Waals surface area (Å²) in [5, 5.41) is 14.8. The number of rotatable bonds is 7. The summed E-state index contributed by atoms with van der Waals surface area (Å²) in [6.07, 6.45) is 1.25. The normalized spacial score (nSPS) is 11.6. The molecule has 1 rings (SSSR count). The lowest BCUT2D eigenvalue weighted by molar-refractivity contribution is 0.0314. The summed E-state index contributed by atoms with van der Waals surface area (Å²) in [4.78, 5) is 12.7. The Bertz CT molecular complexity index is 385. The lowest BCUT2D eigenvalue weighted by Gasteiger charge is -2.25. The zero-order chi connectivity index (χ0) is 13.6. The summed E-state index contributed by atoms with van der Waals surface area (Å²) in [5.41, 5.74) is 0.0745. The summed E-state index contributed by atoms with van der Waals surface area (Å²) in [6, 6.07) is 1.88. The summed E-state index contributed by atoms with van der Waals surface area (Å²) >= 11 is 1.39. The predicted octanol–water partition coefficient (Wildman–Crippen LogP) is 2.18. The fourth-order valence-electron chi connectivity index (χ4n) is 1.63. The van der Waals surface area contributed by atoms with Crippen LogP contribution in [0.4, 0.5) is 0 Å². The zero-order valence-electron chi connectivity index (χ0n) is 11.2. The summed E-state index contributed by atoms with van der Waals surface area (Å²) < 4.78 is 5.04. The van der Waals surface area contributed by atoms with Gasteiger partial charge >= 0.3 is 0 Å². The molecular weight excluding hydrogens is 250 g/mol. The van der Waals surface area contributed by atoms with Gasteiger partial charge in [0, 0.05) is 19.2 Å². The van der Waals surface area contributed by atoms with Gasteiger partial charge in [-0.25, -0.2) is 0 Å². The average molecular weight is 271 g/mol. The van der Waals surface area contributed by atoms with Gasteiger partial charge < -0.3 is 15.2 Å². The van der Waals surface area contributed by atoms with E-state index < -0.39 is 5.60 Å². The monoisotopic (exact) mass is 271 g/mol. The molecule has 0 saturated heterocycles. The number of thiophene rings is 1. The first-order valence-electron chi connectivity index (χ1n) is 6.12. The first-order valence-corrected chi connectivity index (χ1v) is 7.00. The van der Waals surface area contributed by atoms with Crippen LogP contribution >= 0.6 is 11.3 Å². The van der Waals surface area contributed by atoms with Gasteiger partial charge in [0.05, 0.1) is 17.1 Å². The van der Waals surface area contributed by atoms with E-state index in [1.54, 1.807) is 7.11 Å². The van der Waals surface area contributed by atoms with E-state index >= 15 is 0 Å². The minimum absolute atomic E-state index is 0.141. The minimum Gasteiger partial charge on any atom is -0.388 e. The number of nitrogens with one attached hydrogen (secondary N) is 1. The Morgan fingerprint density at radius 3 is 2.72 bits per heavy atom. The molecule has 0 unspecified atom stereocenters. The molecule has 0 radical (unpaired) electrons. The van der Waals surface area contributed by atoms with E-state index in [0.717, 1.165) is 5.56 Å². The Balaban J connectivity index is 2.62. The molecule has 0 saturated carbocycles. The van der Waals surface area contributed by atoms with Crippen molar-refractivity contribution < 1.29 is 14.6 Å². The maximum Gasteiger partial charge on any atom is 0.261 e. The quantitative estimate of drug-likeness (QED) is 0.799. The van der Waals surface area contributed by atoms with Crippen molar-refractivity contribution in [3.63, 3.8) is 0 Å². The molecule has 1 aromatic rings. The first kappa shape index (κ1) is 15.1. The number of ether oxygens (including phenoxy) is 1. The highest BCUT2D eigenvalue weighted by molar-refractivity contribution is 7.12. The number of methoxy groups -OCH3 is 1. The van der Waals surface area contributed by atoms with E-state index in [9.17, 15) is 9.90 Å². The topological polar surface area (TPSA) is 58.6 Å². The molecule has 4 nitrogen and oxygen atoms in total. The van der Waals surface area contributed by atoms with E-state index in [1.165, 1.54) is 11.3 Å². The summed E-state index contributed by atoms with van der Waals surface area (Å²) in [5.74, 6) is -0.141. The molecule has 102 valence electrons. The van der Waals surface area contributed by atoms with Crippen LogP contribution in [-0.2, 0) is 11.3 Å². The molecule has 0 fully saturated rings. The molecular formula is C13H21NO3S. The third-order valence-electron chi connectivity index (χ3n) is 3.15. The van der Waals surface area contributed by atoms with Crippen LogP contribution in [0.1, 0.15) is 41.9 Å². The lowest BCUT2D eigenvalue weighted by atomic mass is 9.97. The second-order valence-electron chi connectivity index (χ2n) is 4.32. The summed E-state index contributed by atoms with van der Waals surface area (Å²) in [6.45, 7) is 4.54. The van der Waals surface area contributed by atoms with E-state index in [0.29, 0.717) is 24.3 Å². The molecule has 0 spiro atoms. The van der Waals surface area contributed by atoms with Crippen molar-refractivity contribution in [3.8, 4) is 0 Å². The van der Waals surface area contributed by atoms with Crippen molar-refractivity contribution in [3.05, 3.63) is 21.9 Å². The van der Waals surface area contributed by atoms with Crippen molar-refractivity contribution in [1.29, 1.82) is 0 Å². The van der Waals surface area contributed by atoms with Gasteiger partial charge in [0.1, 0.15) is 0 Å². The fraction of sp³-hybridized carbons (Fsp3) is 0.615. The molecule has 0 atom stereocenters. The molecule has 18 heavy (non-hydrogen) atoms. The second kappa shape index (κ2) is 6.87. The van der Waals surface area contributed by atoms with Crippen molar-refractivity contribution in [2.45, 2.75) is 38.9 Å². The third kappa shape index (κ3) is 3.80. The number of hydrogen-bond acceptors (Lipinski definition) is 4. The van der Waals surface area contributed by atoms with Crippen LogP contribution in [0.15, 0.2) is 11.4 Å². The van der Waals surface area contributed by atoms with Gasteiger partial charge in [0.25, 0.3) is 5.91 Å². The van der Waals surface area contributed by atoms with E-state index in [4.69, 9.17) is 4.74 Å². The van der Waals surface area contributed by atoms with E-state index in [2.05, 4.69) is 5.32 Å². The van der Waals surface area contributed by atoms with Gasteiger partial charge in [-0.15, -0.1) is 11.3 Å². The van der Waals surface area contributed by atoms with Crippen molar-refractivity contribution >= 4 is 17.2 Å². The Morgan fingerprint density at radius 2 is 2.17 bits per heavy atom. The van der Waals surface area contributed by atoms with Gasteiger partial charge in [-0.05, 0) is 24.3 Å². The minimum atomic E-state index is -0.811. The van der Waals surface area contributed by atoms with Crippen molar-refractivity contribution in [2.75, 3.05) is 13.7 Å². The van der Waals surface area contributed by atoms with Crippen LogP contribution in [0.25, 0.3) is 0 Å². The number of aliphatic hydroxyl groups is 1. The molecule has 0 aliphatic carbocycles. The highest BCUT2D eigenvalue weighted by Gasteiger charge is 2.23. The van der Waals surface area contributed by atoms with Gasteiger partial charge in [0.2, 0.25) is 0 Å².